The number of benzene rings is 2. The molecular formula is C42H46F2N5O7PS. The van der Waals surface area contributed by atoms with E-state index in [1.165, 1.54) is 61.0 Å². The summed E-state index contributed by atoms with van der Waals surface area (Å²) in [6, 6.07) is 12.9. The number of esters is 1. The minimum absolute atomic E-state index is 0.0167. The van der Waals surface area contributed by atoms with Crippen LogP contribution in [-0.2, 0) is 23.7 Å². The number of likely N-dealkylation sites (tertiary alicyclic amines) is 1. The quantitative estimate of drug-likeness (QED) is 0.106. The van der Waals surface area contributed by atoms with Crippen LogP contribution in [0.5, 0.6) is 5.75 Å². The van der Waals surface area contributed by atoms with Crippen LogP contribution in [0, 0.1) is 17.7 Å². The molecule has 2 unspecified atom stereocenters. The molecule has 306 valence electrons. The fraction of sp³-hybridized carbons (Fsp3) is 0.452. The Balaban J connectivity index is 0.975. The molecule has 8 rings (SSSR count). The fourth-order valence-corrected chi connectivity index (χ4v) is 11.4. The number of alkyl halides is 1. The first-order valence-electron chi connectivity index (χ1n) is 19.9. The lowest BCUT2D eigenvalue weighted by Gasteiger charge is -2.43. The Morgan fingerprint density at radius 3 is 2.57 bits per heavy atom. The highest BCUT2D eigenvalue weighted by atomic mass is 32.1. The molecule has 1 aliphatic carbocycles. The molecular weight excluding hydrogens is 788 g/mol. The standard InChI is InChI=1S/C42H46F2N5O7PS/c1-3-15-55-42(53)24(2)47-57(54,56-31-7-5-4-6-8-31)38(44)25-9-12-36-28(16-25)20-37(58-36)39(50)46-34-19-27-17-26(27)18-30-10-11-35(49(30)40(34)51)41(52)48-22-29(23-48)32-21-45-14-13-33(32)43/h4-9,12-14,16,20-21,24,26-27,29-30,34-35,38H,3,10-11,15,17-19,22-23H2,1-2H3,(H,46,50)(H,47,54)/t24-,26+,27-,30+,34-,35-,38?,57?/m0/s1. The van der Waals surface area contributed by atoms with Gasteiger partial charge in [0, 0.05) is 47.7 Å². The molecule has 2 aromatic heterocycles. The minimum Gasteiger partial charge on any atom is -0.465 e. The van der Waals surface area contributed by atoms with Crippen molar-refractivity contribution < 1.29 is 41.8 Å². The minimum atomic E-state index is -4.45. The highest BCUT2D eigenvalue weighted by Crippen LogP contribution is 2.58. The van der Waals surface area contributed by atoms with E-state index in [0.717, 1.165) is 12.8 Å². The van der Waals surface area contributed by atoms with E-state index in [4.69, 9.17) is 9.26 Å². The number of hydrogen-bond donors (Lipinski definition) is 2. The van der Waals surface area contributed by atoms with Gasteiger partial charge in [-0.3, -0.25) is 28.7 Å². The predicted molar refractivity (Wildman–Crippen MR) is 213 cm³/mol. The average molecular weight is 834 g/mol. The number of ether oxygens (including phenoxy) is 1. The summed E-state index contributed by atoms with van der Waals surface area (Å²) in [5, 5.41) is 6.09. The third-order valence-corrected chi connectivity index (χ3v) is 15.0. The maximum Gasteiger partial charge on any atom is 0.355 e. The highest BCUT2D eigenvalue weighted by Gasteiger charge is 2.52. The van der Waals surface area contributed by atoms with Crippen molar-refractivity contribution >= 4 is 52.6 Å². The van der Waals surface area contributed by atoms with Crippen molar-refractivity contribution in [2.45, 2.75) is 88.4 Å². The van der Waals surface area contributed by atoms with Crippen molar-refractivity contribution in [3.8, 4) is 5.75 Å². The van der Waals surface area contributed by atoms with Gasteiger partial charge in [-0.2, -0.15) is 0 Å². The summed E-state index contributed by atoms with van der Waals surface area (Å²) >= 11 is 1.18. The second kappa shape index (κ2) is 16.5. The molecule has 12 nitrogen and oxygen atoms in total. The van der Waals surface area contributed by atoms with Crippen LogP contribution in [0.4, 0.5) is 8.78 Å². The van der Waals surface area contributed by atoms with E-state index in [1.54, 1.807) is 40.1 Å². The average Bonchev–Trinajstić information content (AvgIpc) is 3.55. The van der Waals surface area contributed by atoms with Crippen LogP contribution in [-0.4, -0.2) is 82.3 Å². The number of pyridine rings is 1. The lowest BCUT2D eigenvalue weighted by Crippen LogP contribution is -2.59. The van der Waals surface area contributed by atoms with Crippen molar-refractivity contribution in [1.82, 2.24) is 25.2 Å². The molecule has 0 bridgehead atoms. The number of fused-ring (bicyclic) bond motifs is 3. The smallest absolute Gasteiger partial charge is 0.355 e. The van der Waals surface area contributed by atoms with E-state index in [-0.39, 0.29) is 47.5 Å². The molecule has 4 fully saturated rings. The van der Waals surface area contributed by atoms with Gasteiger partial charge in [-0.25, -0.2) is 13.9 Å². The Bertz CT molecular complexity index is 2260. The Hall–Kier alpha value is -4.72. The highest BCUT2D eigenvalue weighted by molar-refractivity contribution is 7.57. The second-order valence-corrected chi connectivity index (χ2v) is 19.0. The van der Waals surface area contributed by atoms with Gasteiger partial charge in [0.25, 0.3) is 5.91 Å². The van der Waals surface area contributed by atoms with Crippen LogP contribution >= 0.6 is 18.9 Å². The maximum absolute atomic E-state index is 16.5. The van der Waals surface area contributed by atoms with E-state index < -0.39 is 43.4 Å². The summed E-state index contributed by atoms with van der Waals surface area (Å²) in [6.45, 7) is 4.13. The number of carbonyl (C=O) groups excluding carboxylic acids is 4. The molecule has 0 radical (unpaired) electrons. The van der Waals surface area contributed by atoms with Crippen LogP contribution < -0.4 is 14.9 Å². The molecule has 3 aliphatic heterocycles. The number of halogens is 2. The Morgan fingerprint density at radius 1 is 1.03 bits per heavy atom. The summed E-state index contributed by atoms with van der Waals surface area (Å²) in [6.07, 6.45) is 6.98. The van der Waals surface area contributed by atoms with E-state index in [2.05, 4.69) is 15.4 Å². The zero-order valence-corrected chi connectivity index (χ0v) is 33.9. The van der Waals surface area contributed by atoms with E-state index in [0.29, 0.717) is 71.1 Å². The lowest BCUT2D eigenvalue weighted by molar-refractivity contribution is -0.149. The van der Waals surface area contributed by atoms with Crippen LogP contribution in [0.25, 0.3) is 10.1 Å². The van der Waals surface area contributed by atoms with Gasteiger partial charge in [0.15, 0.2) is 0 Å². The third-order valence-electron chi connectivity index (χ3n) is 11.8. The van der Waals surface area contributed by atoms with Crippen molar-refractivity contribution in [1.29, 1.82) is 0 Å². The normalized spacial score (nSPS) is 25.0. The van der Waals surface area contributed by atoms with E-state index in [1.807, 2.05) is 6.92 Å². The summed E-state index contributed by atoms with van der Waals surface area (Å²) in [5.74, 6) is -3.40. The Morgan fingerprint density at radius 2 is 1.81 bits per heavy atom. The topological polar surface area (TPSA) is 147 Å². The van der Waals surface area contributed by atoms with Crippen LogP contribution in [0.15, 0.2) is 73.1 Å². The van der Waals surface area contributed by atoms with Crippen molar-refractivity contribution in [3.63, 3.8) is 0 Å². The summed E-state index contributed by atoms with van der Waals surface area (Å²) in [5.41, 5.74) is 0.496. The summed E-state index contributed by atoms with van der Waals surface area (Å²) < 4.78 is 56.8. The van der Waals surface area contributed by atoms with Gasteiger partial charge in [-0.05, 0) is 105 Å². The molecule has 3 amide bonds. The molecule has 3 saturated heterocycles. The van der Waals surface area contributed by atoms with E-state index in [9.17, 15) is 28.1 Å². The number of aromatic nitrogens is 1. The largest absolute Gasteiger partial charge is 0.465 e. The molecule has 5 heterocycles. The van der Waals surface area contributed by atoms with Gasteiger partial charge in [0.2, 0.25) is 17.7 Å². The Labute approximate surface area is 339 Å². The first kappa shape index (κ1) is 40.1. The van der Waals surface area contributed by atoms with Crippen LogP contribution in [0.1, 0.15) is 85.0 Å². The van der Waals surface area contributed by atoms with Crippen LogP contribution in [0.2, 0.25) is 0 Å². The number of thiophene rings is 1. The molecule has 4 aliphatic rings. The number of nitrogens with zero attached hydrogens (tertiary/aromatic N) is 3. The third kappa shape index (κ3) is 8.13. The number of hydrogen-bond acceptors (Lipinski definition) is 9. The van der Waals surface area contributed by atoms with Gasteiger partial charge in [0.1, 0.15) is 29.7 Å². The number of nitrogens with one attached hydrogen (secondary N) is 2. The first-order valence-corrected chi connectivity index (χ1v) is 22.4. The summed E-state index contributed by atoms with van der Waals surface area (Å²) in [7, 11) is -4.45. The Kier molecular flexibility index (Phi) is 11.4. The van der Waals surface area contributed by atoms with E-state index >= 15 is 4.39 Å². The SMILES string of the molecule is CCCOC(=O)[C@H](C)NP(=O)(Oc1ccccc1)C(F)c1ccc2sc(C(=O)N[C@H]3C[C@@H]4C[C@@H]4C[C@H]4CC[C@@H](C(=O)N5CC(c6cnccc6F)C5)N4C3=O)cc2c1. The van der Waals surface area contributed by atoms with Gasteiger partial charge in [0.05, 0.1) is 11.5 Å². The molecule has 0 spiro atoms. The van der Waals surface area contributed by atoms with Crippen molar-refractivity contribution in [3.05, 3.63) is 94.9 Å². The zero-order chi connectivity index (χ0) is 40.7. The van der Waals surface area contributed by atoms with Gasteiger partial charge < -0.3 is 24.4 Å². The van der Waals surface area contributed by atoms with Gasteiger partial charge in [-0.15, -0.1) is 11.3 Å². The molecule has 2 N–H and O–H groups in total. The second-order valence-electron chi connectivity index (χ2n) is 15.8. The number of para-hydroxylation sites is 1. The molecule has 58 heavy (non-hydrogen) atoms. The van der Waals surface area contributed by atoms with Gasteiger partial charge >= 0.3 is 13.5 Å². The number of carbonyl (C=O) groups is 4. The first-order chi connectivity index (χ1) is 27.9. The lowest BCUT2D eigenvalue weighted by atomic mass is 9.91. The number of rotatable bonds is 13. The summed E-state index contributed by atoms with van der Waals surface area (Å²) in [4.78, 5) is 62.4. The number of amides is 3. The van der Waals surface area contributed by atoms with Crippen molar-refractivity contribution in [2.24, 2.45) is 11.8 Å². The fourth-order valence-electron chi connectivity index (χ4n) is 8.56. The van der Waals surface area contributed by atoms with Crippen molar-refractivity contribution in [2.75, 3.05) is 19.7 Å². The molecule has 2 aromatic carbocycles. The molecule has 16 heteroatoms. The van der Waals surface area contributed by atoms with Crippen LogP contribution in [0.3, 0.4) is 0 Å². The molecule has 1 saturated carbocycles. The predicted octanol–water partition coefficient (Wildman–Crippen LogP) is 7.12. The monoisotopic (exact) mass is 833 g/mol. The maximum atomic E-state index is 16.5. The van der Waals surface area contributed by atoms with Gasteiger partial charge in [-0.1, -0.05) is 31.2 Å². The zero-order valence-electron chi connectivity index (χ0n) is 32.2. The molecule has 8 atom stereocenters. The molecule has 4 aromatic rings.